The van der Waals surface area contributed by atoms with Crippen molar-refractivity contribution in [1.82, 2.24) is 14.7 Å². The van der Waals surface area contributed by atoms with E-state index in [9.17, 15) is 9.18 Å². The molecular formula is C23H25FN4O. The first-order chi connectivity index (χ1) is 14.1. The number of halogens is 1. The molecule has 1 amide bonds. The normalized spacial score (nSPS) is 14.4. The summed E-state index contributed by atoms with van der Waals surface area (Å²) in [6.45, 7) is 9.40. The average molecular weight is 392 g/mol. The maximum absolute atomic E-state index is 13.6. The second-order valence-electron chi connectivity index (χ2n) is 7.31. The molecule has 1 saturated heterocycles. The Morgan fingerprint density at radius 2 is 1.90 bits per heavy atom. The molecule has 5 nitrogen and oxygen atoms in total. The van der Waals surface area contributed by atoms with Crippen LogP contribution in [0.1, 0.15) is 13.3 Å². The van der Waals surface area contributed by atoms with E-state index >= 15 is 0 Å². The molecule has 1 aliphatic rings. The number of hydrogen-bond donors (Lipinski definition) is 0. The molecule has 0 N–H and O–H groups in total. The Bertz CT molecular complexity index is 1050. The number of aromatic nitrogens is 2. The molecule has 0 bridgehead atoms. The van der Waals surface area contributed by atoms with Gasteiger partial charge in [0.2, 0.25) is 5.91 Å². The number of carbonyl (C=O) groups excluding carboxylic acids is 1. The lowest BCUT2D eigenvalue weighted by molar-refractivity contribution is -0.126. The topological polar surface area (TPSA) is 41.4 Å². The molecule has 0 spiro atoms. The van der Waals surface area contributed by atoms with Crippen molar-refractivity contribution in [2.75, 3.05) is 31.1 Å². The standard InChI is InChI=1S/C23H25FN4O/c1-3-10-28-23(27-13-11-26(12-14-27)22(29)4-2)20-9-8-18(16-21(20)25-28)17-6-5-7-19(24)15-17/h4-9,15-16H,2-3,10-14H2,1H3. The Hall–Kier alpha value is -3.15. The number of piperazine rings is 1. The van der Waals surface area contributed by atoms with Crippen LogP contribution >= 0.6 is 0 Å². The number of fused-ring (bicyclic) bond motifs is 1. The smallest absolute Gasteiger partial charge is 0.246 e. The molecule has 6 heteroatoms. The fourth-order valence-corrected chi connectivity index (χ4v) is 3.94. The zero-order chi connectivity index (χ0) is 20.4. The van der Waals surface area contributed by atoms with Crippen molar-refractivity contribution < 1.29 is 9.18 Å². The van der Waals surface area contributed by atoms with Gasteiger partial charge in [-0.2, -0.15) is 5.10 Å². The van der Waals surface area contributed by atoms with Crippen LogP contribution in [0.5, 0.6) is 0 Å². The summed E-state index contributed by atoms with van der Waals surface area (Å²) in [7, 11) is 0. The zero-order valence-corrected chi connectivity index (χ0v) is 16.6. The van der Waals surface area contributed by atoms with E-state index in [-0.39, 0.29) is 11.7 Å². The minimum Gasteiger partial charge on any atom is -0.353 e. The van der Waals surface area contributed by atoms with E-state index in [1.54, 1.807) is 12.1 Å². The molecule has 0 saturated carbocycles. The average Bonchev–Trinajstić information content (AvgIpc) is 3.10. The SMILES string of the molecule is C=CC(=O)N1CCN(c2c3ccc(-c4cccc(F)c4)cc3nn2CCC)CC1. The van der Waals surface area contributed by atoms with E-state index in [2.05, 4.69) is 29.2 Å². The van der Waals surface area contributed by atoms with E-state index in [0.717, 1.165) is 53.9 Å². The Balaban J connectivity index is 1.69. The molecular weight excluding hydrogens is 367 g/mol. The first-order valence-corrected chi connectivity index (χ1v) is 10.0. The molecule has 1 aliphatic heterocycles. The maximum Gasteiger partial charge on any atom is 0.246 e. The van der Waals surface area contributed by atoms with Crippen LogP contribution in [0.2, 0.25) is 0 Å². The van der Waals surface area contributed by atoms with Gasteiger partial charge in [0.05, 0.1) is 5.52 Å². The van der Waals surface area contributed by atoms with Gasteiger partial charge in [0, 0.05) is 38.1 Å². The number of carbonyl (C=O) groups is 1. The van der Waals surface area contributed by atoms with Crippen LogP contribution < -0.4 is 4.90 Å². The summed E-state index contributed by atoms with van der Waals surface area (Å²) in [4.78, 5) is 16.0. The Labute approximate surface area is 170 Å². The third kappa shape index (κ3) is 3.75. The number of rotatable bonds is 5. The largest absolute Gasteiger partial charge is 0.353 e. The van der Waals surface area contributed by atoms with Crippen LogP contribution in [0.25, 0.3) is 22.0 Å². The van der Waals surface area contributed by atoms with Gasteiger partial charge in [-0.15, -0.1) is 0 Å². The Morgan fingerprint density at radius 1 is 1.14 bits per heavy atom. The lowest BCUT2D eigenvalue weighted by Crippen LogP contribution is -2.48. The molecule has 0 unspecified atom stereocenters. The highest BCUT2D eigenvalue weighted by molar-refractivity contribution is 5.94. The Kier molecular flexibility index (Phi) is 5.34. The minimum absolute atomic E-state index is 0.0173. The van der Waals surface area contributed by atoms with Crippen molar-refractivity contribution >= 4 is 22.6 Å². The number of aryl methyl sites for hydroxylation is 1. The highest BCUT2D eigenvalue weighted by Gasteiger charge is 2.24. The molecule has 3 aromatic rings. The summed E-state index contributed by atoms with van der Waals surface area (Å²) in [6, 6.07) is 12.7. The van der Waals surface area contributed by atoms with Gasteiger partial charge in [-0.05, 0) is 47.9 Å². The predicted molar refractivity (Wildman–Crippen MR) is 114 cm³/mol. The van der Waals surface area contributed by atoms with Crippen molar-refractivity contribution in [3.8, 4) is 11.1 Å². The summed E-state index contributed by atoms with van der Waals surface area (Å²) >= 11 is 0. The third-order valence-corrected chi connectivity index (χ3v) is 5.37. The van der Waals surface area contributed by atoms with Gasteiger partial charge in [0.15, 0.2) is 0 Å². The quantitative estimate of drug-likeness (QED) is 0.614. The third-order valence-electron chi connectivity index (χ3n) is 5.37. The lowest BCUT2D eigenvalue weighted by Gasteiger charge is -2.35. The first kappa shape index (κ1) is 19.2. The summed E-state index contributed by atoms with van der Waals surface area (Å²) in [5.74, 6) is 0.835. The van der Waals surface area contributed by atoms with E-state index in [0.29, 0.717) is 13.1 Å². The number of amides is 1. The molecule has 2 heterocycles. The van der Waals surface area contributed by atoms with Gasteiger partial charge in [0.25, 0.3) is 0 Å². The van der Waals surface area contributed by atoms with Gasteiger partial charge < -0.3 is 9.80 Å². The zero-order valence-electron chi connectivity index (χ0n) is 16.6. The van der Waals surface area contributed by atoms with Crippen molar-refractivity contribution in [1.29, 1.82) is 0 Å². The van der Waals surface area contributed by atoms with Crippen LogP contribution in [0, 0.1) is 5.82 Å². The molecule has 4 rings (SSSR count). The van der Waals surface area contributed by atoms with Crippen LogP contribution in [-0.2, 0) is 11.3 Å². The summed E-state index contributed by atoms with van der Waals surface area (Å²) in [5, 5.41) is 5.93. The van der Waals surface area contributed by atoms with Crippen LogP contribution in [0.3, 0.4) is 0 Å². The van der Waals surface area contributed by atoms with Gasteiger partial charge in [0.1, 0.15) is 11.6 Å². The highest BCUT2D eigenvalue weighted by Crippen LogP contribution is 2.32. The first-order valence-electron chi connectivity index (χ1n) is 10.0. The maximum atomic E-state index is 13.6. The van der Waals surface area contributed by atoms with Crippen molar-refractivity contribution in [3.05, 3.63) is 60.9 Å². The second-order valence-corrected chi connectivity index (χ2v) is 7.31. The van der Waals surface area contributed by atoms with E-state index in [4.69, 9.17) is 5.10 Å². The Morgan fingerprint density at radius 3 is 2.59 bits per heavy atom. The molecule has 1 fully saturated rings. The van der Waals surface area contributed by atoms with E-state index in [1.807, 2.05) is 23.1 Å². The van der Waals surface area contributed by atoms with Crippen LogP contribution in [-0.4, -0.2) is 46.8 Å². The van der Waals surface area contributed by atoms with Gasteiger partial charge in [-0.1, -0.05) is 31.7 Å². The van der Waals surface area contributed by atoms with Gasteiger partial charge >= 0.3 is 0 Å². The lowest BCUT2D eigenvalue weighted by atomic mass is 10.0. The number of nitrogens with zero attached hydrogens (tertiary/aromatic N) is 4. The molecule has 0 aliphatic carbocycles. The van der Waals surface area contributed by atoms with E-state index < -0.39 is 0 Å². The molecule has 0 radical (unpaired) electrons. The van der Waals surface area contributed by atoms with Crippen LogP contribution in [0.15, 0.2) is 55.1 Å². The number of anilines is 1. The number of benzene rings is 2. The summed E-state index contributed by atoms with van der Waals surface area (Å²) < 4.78 is 15.7. The van der Waals surface area contributed by atoms with Crippen molar-refractivity contribution in [2.45, 2.75) is 19.9 Å². The molecule has 29 heavy (non-hydrogen) atoms. The van der Waals surface area contributed by atoms with Crippen molar-refractivity contribution in [3.63, 3.8) is 0 Å². The van der Waals surface area contributed by atoms with Gasteiger partial charge in [-0.25, -0.2) is 9.07 Å². The molecule has 1 aromatic heterocycles. The van der Waals surface area contributed by atoms with E-state index in [1.165, 1.54) is 12.1 Å². The van der Waals surface area contributed by atoms with Gasteiger partial charge in [-0.3, -0.25) is 4.79 Å². The second kappa shape index (κ2) is 8.07. The highest BCUT2D eigenvalue weighted by atomic mass is 19.1. The summed E-state index contributed by atoms with van der Waals surface area (Å²) in [6.07, 6.45) is 2.35. The summed E-state index contributed by atoms with van der Waals surface area (Å²) in [5.41, 5.74) is 2.70. The van der Waals surface area contributed by atoms with Crippen LogP contribution in [0.4, 0.5) is 10.2 Å². The molecule has 150 valence electrons. The predicted octanol–water partition coefficient (Wildman–Crippen LogP) is 4.09. The van der Waals surface area contributed by atoms with Crippen molar-refractivity contribution in [2.24, 2.45) is 0 Å². The molecule has 2 aromatic carbocycles. The molecule has 0 atom stereocenters. The number of hydrogen-bond acceptors (Lipinski definition) is 3. The fourth-order valence-electron chi connectivity index (χ4n) is 3.94. The monoisotopic (exact) mass is 392 g/mol. The fraction of sp³-hybridized carbons (Fsp3) is 0.304. The minimum atomic E-state index is -0.244.